The van der Waals surface area contributed by atoms with Gasteiger partial charge in [0.1, 0.15) is 11.5 Å². The van der Waals surface area contributed by atoms with Crippen molar-refractivity contribution in [3.05, 3.63) is 90.2 Å². The molecular formula is C29H31N7O3+. The van der Waals surface area contributed by atoms with Gasteiger partial charge in [0.2, 0.25) is 12.6 Å². The summed E-state index contributed by atoms with van der Waals surface area (Å²) in [7, 11) is 0. The highest BCUT2D eigenvalue weighted by Crippen LogP contribution is 2.25. The zero-order valence-corrected chi connectivity index (χ0v) is 21.7. The molecule has 10 nitrogen and oxygen atoms in total. The molecule has 6 rings (SSSR count). The van der Waals surface area contributed by atoms with E-state index in [-0.39, 0.29) is 11.8 Å². The first kappa shape index (κ1) is 25.0. The molecule has 4 aliphatic rings. The lowest BCUT2D eigenvalue weighted by Crippen LogP contribution is -2.46. The Morgan fingerprint density at radius 3 is 2.74 bits per heavy atom. The van der Waals surface area contributed by atoms with E-state index in [2.05, 4.69) is 43.3 Å². The molecule has 0 atom stereocenters. The molecular weight excluding hydrogens is 494 g/mol. The number of amidine groups is 1. The third-order valence-corrected chi connectivity index (χ3v) is 7.13. The number of hydrogen-bond acceptors (Lipinski definition) is 8. The fourth-order valence-electron chi connectivity index (χ4n) is 5.01. The molecule has 4 aliphatic heterocycles. The fourth-order valence-corrected chi connectivity index (χ4v) is 5.01. The van der Waals surface area contributed by atoms with Crippen molar-refractivity contribution >= 4 is 29.2 Å². The van der Waals surface area contributed by atoms with Crippen LogP contribution in [0.4, 0.5) is 11.5 Å². The van der Waals surface area contributed by atoms with Crippen molar-refractivity contribution in [1.82, 2.24) is 19.7 Å². The SMILES string of the molecule is O=C(Cc1cccc(N2C=C(Nc3ccc(C(=O)N4CCOCC4)cn3)C3=NC=C[N+]3C2)c1)N1CC=CCC1. The summed E-state index contributed by atoms with van der Waals surface area (Å²) in [6, 6.07) is 11.7. The van der Waals surface area contributed by atoms with Crippen LogP contribution in [0.25, 0.3) is 0 Å². The number of pyridine rings is 1. The van der Waals surface area contributed by atoms with E-state index in [0.717, 1.165) is 35.7 Å². The molecule has 2 aromatic rings. The summed E-state index contributed by atoms with van der Waals surface area (Å²) in [5.74, 6) is 1.52. The average molecular weight is 526 g/mol. The van der Waals surface area contributed by atoms with Gasteiger partial charge in [0, 0.05) is 44.3 Å². The van der Waals surface area contributed by atoms with Crippen LogP contribution in [0.2, 0.25) is 0 Å². The Labute approximate surface area is 227 Å². The monoisotopic (exact) mass is 525 g/mol. The van der Waals surface area contributed by atoms with Crippen molar-refractivity contribution in [2.24, 2.45) is 4.99 Å². The second-order valence-corrected chi connectivity index (χ2v) is 9.78. The minimum absolute atomic E-state index is 0.0361. The number of carbonyl (C=O) groups excluding carboxylic acids is 2. The summed E-state index contributed by atoms with van der Waals surface area (Å²) in [4.78, 5) is 42.5. The van der Waals surface area contributed by atoms with Crippen molar-refractivity contribution in [2.45, 2.75) is 12.8 Å². The minimum atomic E-state index is -0.0361. The van der Waals surface area contributed by atoms with Gasteiger partial charge in [-0.15, -0.1) is 0 Å². The molecule has 1 radical (unpaired) electrons. The highest BCUT2D eigenvalue weighted by molar-refractivity contribution is 6.06. The van der Waals surface area contributed by atoms with Crippen molar-refractivity contribution in [3.8, 4) is 0 Å². The summed E-state index contributed by atoms with van der Waals surface area (Å²) >= 11 is 0. The van der Waals surface area contributed by atoms with E-state index < -0.39 is 0 Å². The average Bonchev–Trinajstić information content (AvgIpc) is 3.48. The van der Waals surface area contributed by atoms with E-state index in [0.29, 0.717) is 57.3 Å². The molecule has 199 valence electrons. The third kappa shape index (κ3) is 5.62. The maximum atomic E-state index is 12.8. The first-order valence-electron chi connectivity index (χ1n) is 13.3. The quantitative estimate of drug-likeness (QED) is 0.460. The zero-order chi connectivity index (χ0) is 26.6. The van der Waals surface area contributed by atoms with E-state index >= 15 is 0 Å². The van der Waals surface area contributed by atoms with Crippen LogP contribution in [0, 0.1) is 0 Å². The summed E-state index contributed by atoms with van der Waals surface area (Å²) in [5, 5.41) is 3.37. The highest BCUT2D eigenvalue weighted by Gasteiger charge is 2.36. The van der Waals surface area contributed by atoms with Crippen LogP contribution in [-0.2, 0) is 16.0 Å². The van der Waals surface area contributed by atoms with Crippen molar-refractivity contribution in [1.29, 1.82) is 0 Å². The van der Waals surface area contributed by atoms with Crippen LogP contribution in [0.5, 0.6) is 0 Å². The lowest BCUT2D eigenvalue weighted by Gasteiger charge is -2.27. The number of anilines is 2. The lowest BCUT2D eigenvalue weighted by atomic mass is 10.1. The summed E-state index contributed by atoms with van der Waals surface area (Å²) in [6.07, 6.45) is 12.8. The number of aliphatic imine (C=N–C) groups is 1. The molecule has 0 aliphatic carbocycles. The Hall–Kier alpha value is -4.28. The van der Waals surface area contributed by atoms with E-state index in [1.165, 1.54) is 0 Å². The van der Waals surface area contributed by atoms with Crippen LogP contribution in [0.15, 0.2) is 84.0 Å². The number of nitrogens with zero attached hydrogens (tertiary/aromatic N) is 6. The van der Waals surface area contributed by atoms with Gasteiger partial charge in [-0.3, -0.25) is 14.5 Å². The smallest absolute Gasteiger partial charge is 0.308 e. The molecule has 1 N–H and O–H groups in total. The second kappa shape index (κ2) is 11.2. The molecule has 0 bridgehead atoms. The van der Waals surface area contributed by atoms with E-state index in [9.17, 15) is 9.59 Å². The maximum absolute atomic E-state index is 12.8. The van der Waals surface area contributed by atoms with E-state index in [4.69, 9.17) is 4.74 Å². The highest BCUT2D eigenvalue weighted by atomic mass is 16.5. The van der Waals surface area contributed by atoms with Crippen LogP contribution in [0.1, 0.15) is 22.3 Å². The predicted octanol–water partition coefficient (Wildman–Crippen LogP) is 2.64. The minimum Gasteiger partial charge on any atom is -0.378 e. The van der Waals surface area contributed by atoms with Crippen LogP contribution < -0.4 is 15.1 Å². The van der Waals surface area contributed by atoms with Gasteiger partial charge in [-0.1, -0.05) is 29.2 Å². The number of aromatic nitrogens is 1. The van der Waals surface area contributed by atoms with Crippen molar-refractivity contribution in [3.63, 3.8) is 0 Å². The van der Waals surface area contributed by atoms with Gasteiger partial charge in [-0.2, -0.15) is 4.99 Å². The van der Waals surface area contributed by atoms with Crippen molar-refractivity contribution < 1.29 is 14.3 Å². The molecule has 1 saturated heterocycles. The summed E-state index contributed by atoms with van der Waals surface area (Å²) in [6.45, 7) is 4.36. The Bertz CT molecular complexity index is 1360. The van der Waals surface area contributed by atoms with Gasteiger partial charge in [0.05, 0.1) is 31.4 Å². The van der Waals surface area contributed by atoms with E-state index in [1.807, 2.05) is 41.6 Å². The Morgan fingerprint density at radius 2 is 1.95 bits per heavy atom. The molecule has 0 saturated carbocycles. The van der Waals surface area contributed by atoms with E-state index in [1.54, 1.807) is 23.4 Å². The van der Waals surface area contributed by atoms with Crippen LogP contribution in [0.3, 0.4) is 0 Å². The van der Waals surface area contributed by atoms with Gasteiger partial charge < -0.3 is 19.9 Å². The Balaban J connectivity index is 1.17. The predicted molar refractivity (Wildman–Crippen MR) is 149 cm³/mol. The van der Waals surface area contributed by atoms with Crippen LogP contribution >= 0.6 is 0 Å². The van der Waals surface area contributed by atoms with Crippen LogP contribution in [-0.4, -0.2) is 78.5 Å². The van der Waals surface area contributed by atoms with Gasteiger partial charge in [-0.05, 0) is 36.2 Å². The molecule has 39 heavy (non-hydrogen) atoms. The number of benzene rings is 1. The summed E-state index contributed by atoms with van der Waals surface area (Å²) < 4.78 is 5.34. The summed E-state index contributed by atoms with van der Waals surface area (Å²) in [5.41, 5.74) is 3.30. The molecule has 10 heteroatoms. The Morgan fingerprint density at radius 1 is 1.05 bits per heavy atom. The molecule has 2 amide bonds. The van der Waals surface area contributed by atoms with Crippen molar-refractivity contribution in [2.75, 3.05) is 56.3 Å². The molecule has 0 unspecified atom stereocenters. The van der Waals surface area contributed by atoms with Gasteiger partial charge in [0.25, 0.3) is 5.91 Å². The van der Waals surface area contributed by atoms with Gasteiger partial charge >= 0.3 is 5.84 Å². The fraction of sp³-hybridized carbons (Fsp3) is 0.310. The first-order chi connectivity index (χ1) is 19.1. The molecule has 1 fully saturated rings. The number of morpholine rings is 1. The molecule has 1 aromatic carbocycles. The van der Waals surface area contributed by atoms with Gasteiger partial charge in [-0.25, -0.2) is 4.98 Å². The second-order valence-electron chi connectivity index (χ2n) is 9.78. The standard InChI is InChI=1S/C29H31N7O3/c37-27(33-10-2-1-3-11-33)18-22-5-4-6-24(17-22)36-20-25(28-30-9-12-35(28)21-36)32-26-8-7-23(19-31-26)29(38)34-13-15-39-16-14-34/h1-2,4-9,12,17,19-20H,3,10-11,13-16,18,21H2,(H,31,32)/q+1. The lowest BCUT2D eigenvalue weighted by molar-refractivity contribution is -0.130. The normalized spacial score (nSPS) is 19.0. The number of nitrogens with one attached hydrogen (secondary N) is 1. The maximum Gasteiger partial charge on any atom is 0.308 e. The third-order valence-electron chi connectivity index (χ3n) is 7.13. The zero-order valence-electron chi connectivity index (χ0n) is 21.7. The first-order valence-corrected chi connectivity index (χ1v) is 13.3. The largest absolute Gasteiger partial charge is 0.378 e. The number of carbonyl (C=O) groups is 2. The van der Waals surface area contributed by atoms with Gasteiger partial charge in [0.15, 0.2) is 6.20 Å². The molecule has 1 aromatic heterocycles. The topological polar surface area (TPSA) is 96.3 Å². The number of ether oxygens (including phenoxy) is 1. The number of fused-ring (bicyclic) bond motifs is 1. The number of hydrogen-bond donors (Lipinski definition) is 1. The number of amides is 2. The molecule has 5 heterocycles. The number of rotatable bonds is 6. The Kier molecular flexibility index (Phi) is 7.20. The molecule has 0 spiro atoms.